The SMILES string of the molecule is O=C1OC(OC(=O)C2CO2)c2ccccc21. The minimum absolute atomic E-state index is 0.376. The van der Waals surface area contributed by atoms with Crippen molar-refractivity contribution in [3.63, 3.8) is 0 Å². The predicted molar refractivity (Wildman–Crippen MR) is 50.4 cm³/mol. The van der Waals surface area contributed by atoms with Crippen LogP contribution in [0.4, 0.5) is 0 Å². The summed E-state index contributed by atoms with van der Waals surface area (Å²) in [7, 11) is 0. The lowest BCUT2D eigenvalue weighted by Gasteiger charge is -2.10. The van der Waals surface area contributed by atoms with Gasteiger partial charge in [-0.2, -0.15) is 0 Å². The van der Waals surface area contributed by atoms with Gasteiger partial charge in [0.2, 0.25) is 0 Å². The molecule has 2 aliphatic rings. The second-order valence-corrected chi connectivity index (χ2v) is 3.58. The minimum Gasteiger partial charge on any atom is -0.419 e. The van der Waals surface area contributed by atoms with Crippen molar-refractivity contribution in [1.82, 2.24) is 0 Å². The summed E-state index contributed by atoms with van der Waals surface area (Å²) in [6, 6.07) is 6.83. The van der Waals surface area contributed by atoms with Gasteiger partial charge in [-0.15, -0.1) is 0 Å². The first-order chi connectivity index (χ1) is 7.75. The third-order valence-electron chi connectivity index (χ3n) is 2.47. The molecule has 0 aliphatic carbocycles. The number of carbonyl (C=O) groups is 2. The summed E-state index contributed by atoms with van der Waals surface area (Å²) in [6.07, 6.45) is -1.42. The van der Waals surface area contributed by atoms with Crippen molar-refractivity contribution in [2.75, 3.05) is 6.61 Å². The molecule has 5 heteroatoms. The van der Waals surface area contributed by atoms with Crippen molar-refractivity contribution in [3.8, 4) is 0 Å². The van der Waals surface area contributed by atoms with E-state index in [4.69, 9.17) is 14.2 Å². The van der Waals surface area contributed by atoms with Crippen molar-refractivity contribution in [2.24, 2.45) is 0 Å². The molecular formula is C11H8O5. The first kappa shape index (κ1) is 9.35. The second kappa shape index (κ2) is 3.31. The van der Waals surface area contributed by atoms with E-state index in [1.165, 1.54) is 0 Å². The standard InChI is InChI=1S/C11H8O5/c12-9-6-3-1-2-4-7(6)11(15-9)16-10(13)8-5-14-8/h1-4,8,11H,5H2. The van der Waals surface area contributed by atoms with E-state index < -0.39 is 24.3 Å². The zero-order valence-corrected chi connectivity index (χ0v) is 8.21. The number of benzene rings is 1. The van der Waals surface area contributed by atoms with Gasteiger partial charge in [0.1, 0.15) is 0 Å². The topological polar surface area (TPSA) is 65.1 Å². The molecule has 16 heavy (non-hydrogen) atoms. The number of cyclic esters (lactones) is 1. The molecule has 2 aliphatic heterocycles. The van der Waals surface area contributed by atoms with E-state index in [0.29, 0.717) is 17.7 Å². The first-order valence-electron chi connectivity index (χ1n) is 4.88. The molecule has 1 aromatic carbocycles. The molecule has 3 rings (SSSR count). The molecule has 0 aromatic heterocycles. The number of esters is 2. The zero-order valence-electron chi connectivity index (χ0n) is 8.21. The van der Waals surface area contributed by atoms with Crippen LogP contribution in [0.15, 0.2) is 24.3 Å². The van der Waals surface area contributed by atoms with Gasteiger partial charge in [0.05, 0.1) is 12.2 Å². The van der Waals surface area contributed by atoms with Crippen molar-refractivity contribution in [2.45, 2.75) is 12.4 Å². The van der Waals surface area contributed by atoms with Crippen LogP contribution in [0.3, 0.4) is 0 Å². The third-order valence-corrected chi connectivity index (χ3v) is 2.47. The Morgan fingerprint density at radius 2 is 2.12 bits per heavy atom. The Balaban J connectivity index is 1.82. The van der Waals surface area contributed by atoms with Crippen LogP contribution in [0.1, 0.15) is 22.2 Å². The molecule has 5 nitrogen and oxygen atoms in total. The fraction of sp³-hybridized carbons (Fsp3) is 0.273. The number of rotatable bonds is 2. The Morgan fingerprint density at radius 3 is 2.88 bits per heavy atom. The molecule has 0 amide bonds. The molecule has 82 valence electrons. The minimum atomic E-state index is -0.930. The average Bonchev–Trinajstić information content (AvgIpc) is 3.08. The van der Waals surface area contributed by atoms with Crippen molar-refractivity contribution >= 4 is 11.9 Å². The molecule has 1 saturated heterocycles. The molecule has 0 spiro atoms. The second-order valence-electron chi connectivity index (χ2n) is 3.58. The van der Waals surface area contributed by atoms with Gasteiger partial charge in [0, 0.05) is 5.56 Å². The Labute approximate surface area is 90.9 Å². The van der Waals surface area contributed by atoms with Gasteiger partial charge in [-0.3, -0.25) is 0 Å². The highest BCUT2D eigenvalue weighted by Crippen LogP contribution is 2.32. The highest BCUT2D eigenvalue weighted by Gasteiger charge is 2.39. The first-order valence-corrected chi connectivity index (χ1v) is 4.88. The van der Waals surface area contributed by atoms with E-state index in [-0.39, 0.29) is 0 Å². The van der Waals surface area contributed by atoms with Crippen molar-refractivity contribution < 1.29 is 23.8 Å². The lowest BCUT2D eigenvalue weighted by molar-refractivity contribution is -0.169. The molecule has 2 heterocycles. The molecule has 0 radical (unpaired) electrons. The predicted octanol–water partition coefficient (Wildman–Crippen LogP) is 0.798. The summed E-state index contributed by atoms with van der Waals surface area (Å²) in [5.41, 5.74) is 1.03. The molecular weight excluding hydrogens is 212 g/mol. The Morgan fingerprint density at radius 1 is 1.38 bits per heavy atom. The van der Waals surface area contributed by atoms with Crippen LogP contribution in [0.2, 0.25) is 0 Å². The summed E-state index contributed by atoms with van der Waals surface area (Å²) >= 11 is 0. The third kappa shape index (κ3) is 1.45. The largest absolute Gasteiger partial charge is 0.419 e. The quantitative estimate of drug-likeness (QED) is 0.544. The van der Waals surface area contributed by atoms with Crippen molar-refractivity contribution in [1.29, 1.82) is 0 Å². The molecule has 0 bridgehead atoms. The number of hydrogen-bond acceptors (Lipinski definition) is 5. The lowest BCUT2D eigenvalue weighted by atomic mass is 10.1. The van der Waals surface area contributed by atoms with Crippen LogP contribution in [0, 0.1) is 0 Å². The van der Waals surface area contributed by atoms with Crippen LogP contribution in [0.25, 0.3) is 0 Å². The Hall–Kier alpha value is -1.88. The summed E-state index contributed by atoms with van der Waals surface area (Å²) < 4.78 is 14.7. The number of epoxide rings is 1. The van der Waals surface area contributed by atoms with Crippen molar-refractivity contribution in [3.05, 3.63) is 35.4 Å². The molecule has 0 saturated carbocycles. The molecule has 0 N–H and O–H groups in total. The van der Waals surface area contributed by atoms with Crippen LogP contribution in [-0.4, -0.2) is 24.6 Å². The maximum atomic E-state index is 11.4. The highest BCUT2D eigenvalue weighted by atomic mass is 16.7. The van der Waals surface area contributed by atoms with Crippen LogP contribution < -0.4 is 0 Å². The van der Waals surface area contributed by atoms with E-state index in [1.807, 2.05) is 0 Å². The van der Waals surface area contributed by atoms with E-state index >= 15 is 0 Å². The van der Waals surface area contributed by atoms with Crippen LogP contribution in [0.5, 0.6) is 0 Å². The number of carbonyl (C=O) groups excluding carboxylic acids is 2. The van der Waals surface area contributed by atoms with E-state index in [0.717, 1.165) is 0 Å². The number of hydrogen-bond donors (Lipinski definition) is 0. The molecule has 2 atom stereocenters. The van der Waals surface area contributed by atoms with Gasteiger partial charge < -0.3 is 14.2 Å². The molecule has 1 fully saturated rings. The summed E-state index contributed by atoms with van der Waals surface area (Å²) in [6.45, 7) is 0.376. The van der Waals surface area contributed by atoms with Gasteiger partial charge in [-0.05, 0) is 6.07 Å². The zero-order chi connectivity index (χ0) is 11.1. The van der Waals surface area contributed by atoms with Gasteiger partial charge in [0.25, 0.3) is 6.29 Å². The van der Waals surface area contributed by atoms with Gasteiger partial charge >= 0.3 is 11.9 Å². The van der Waals surface area contributed by atoms with E-state index in [9.17, 15) is 9.59 Å². The maximum Gasteiger partial charge on any atom is 0.342 e. The summed E-state index contributed by atoms with van der Waals surface area (Å²) in [4.78, 5) is 22.7. The smallest absolute Gasteiger partial charge is 0.342 e. The fourth-order valence-electron chi connectivity index (χ4n) is 1.57. The highest BCUT2D eigenvalue weighted by molar-refractivity contribution is 5.94. The number of fused-ring (bicyclic) bond motifs is 1. The lowest BCUT2D eigenvalue weighted by Crippen LogP contribution is -2.16. The van der Waals surface area contributed by atoms with Gasteiger partial charge in [-0.1, -0.05) is 18.2 Å². The number of ether oxygens (including phenoxy) is 3. The normalized spacial score (nSPS) is 25.9. The summed E-state index contributed by atoms with van der Waals surface area (Å²) in [5, 5.41) is 0. The van der Waals surface area contributed by atoms with E-state index in [1.54, 1.807) is 24.3 Å². The van der Waals surface area contributed by atoms with Gasteiger partial charge in [-0.25, -0.2) is 9.59 Å². The average molecular weight is 220 g/mol. The molecule has 1 aromatic rings. The van der Waals surface area contributed by atoms with Crippen LogP contribution in [-0.2, 0) is 19.0 Å². The maximum absolute atomic E-state index is 11.4. The fourth-order valence-corrected chi connectivity index (χ4v) is 1.57. The Bertz CT molecular complexity index is 463. The Kier molecular flexibility index (Phi) is 1.94. The van der Waals surface area contributed by atoms with E-state index in [2.05, 4.69) is 0 Å². The van der Waals surface area contributed by atoms with Gasteiger partial charge in [0.15, 0.2) is 6.10 Å². The van der Waals surface area contributed by atoms with Crippen LogP contribution >= 0.6 is 0 Å². The molecule has 2 unspecified atom stereocenters. The summed E-state index contributed by atoms with van der Waals surface area (Å²) in [5.74, 6) is -0.959. The monoisotopic (exact) mass is 220 g/mol.